The van der Waals surface area contributed by atoms with Crippen LogP contribution in [0, 0.1) is 0 Å². The van der Waals surface area contributed by atoms with Crippen molar-refractivity contribution in [2.24, 2.45) is 0 Å². The minimum Gasteiger partial charge on any atom is -0.478 e. The molecule has 0 unspecified atom stereocenters. The van der Waals surface area contributed by atoms with Crippen LogP contribution in [0.4, 0.5) is 0 Å². The van der Waals surface area contributed by atoms with Crippen LogP contribution in [0.5, 0.6) is 0 Å². The highest BCUT2D eigenvalue weighted by Crippen LogP contribution is 2.07. The number of carbonyl (C=O) groups is 2. The third kappa shape index (κ3) is 7.39. The van der Waals surface area contributed by atoms with Gasteiger partial charge in [0, 0.05) is 31.8 Å². The van der Waals surface area contributed by atoms with E-state index in [1.54, 1.807) is 4.90 Å². The molecule has 28 heavy (non-hydrogen) atoms. The molecule has 0 aliphatic heterocycles. The van der Waals surface area contributed by atoms with Crippen molar-refractivity contribution in [3.63, 3.8) is 0 Å². The van der Waals surface area contributed by atoms with Crippen LogP contribution >= 0.6 is 0 Å². The highest BCUT2D eigenvalue weighted by molar-refractivity contribution is 5.87. The van der Waals surface area contributed by atoms with Crippen molar-refractivity contribution >= 4 is 11.9 Å². The molecule has 0 fully saturated rings. The minimum atomic E-state index is -1.07. The van der Waals surface area contributed by atoms with Gasteiger partial charge in [-0.1, -0.05) is 43.7 Å². The van der Waals surface area contributed by atoms with Crippen molar-refractivity contribution in [1.82, 2.24) is 9.47 Å². The summed E-state index contributed by atoms with van der Waals surface area (Å²) in [6.07, 6.45) is 10.4. The fourth-order valence-electron chi connectivity index (χ4n) is 2.61. The normalized spacial score (nSPS) is 12.4. The molecule has 0 aromatic carbocycles. The Hall–Kier alpha value is -2.89. The number of allylic oxidation sites excluding steroid dienone is 5. The van der Waals surface area contributed by atoms with Crippen LogP contribution < -0.4 is 5.56 Å². The van der Waals surface area contributed by atoms with Gasteiger partial charge in [-0.05, 0) is 31.9 Å². The predicted octanol–water partition coefficient (Wildman–Crippen LogP) is 3.64. The van der Waals surface area contributed by atoms with E-state index < -0.39 is 5.97 Å². The summed E-state index contributed by atoms with van der Waals surface area (Å²) in [5.41, 5.74) is 1.71. The third-order valence-corrected chi connectivity index (χ3v) is 4.21. The molecule has 1 N–H and O–H groups in total. The van der Waals surface area contributed by atoms with Crippen molar-refractivity contribution in [2.75, 3.05) is 13.1 Å². The summed E-state index contributed by atoms with van der Waals surface area (Å²) in [7, 11) is 0. The Morgan fingerprint density at radius 2 is 1.89 bits per heavy atom. The Bertz CT molecular complexity index is 831. The van der Waals surface area contributed by atoms with Crippen LogP contribution in [0.25, 0.3) is 0 Å². The third-order valence-electron chi connectivity index (χ3n) is 4.21. The molecule has 0 radical (unpaired) electrons. The maximum atomic E-state index is 12.1. The molecule has 152 valence electrons. The van der Waals surface area contributed by atoms with Gasteiger partial charge < -0.3 is 14.6 Å². The zero-order valence-electron chi connectivity index (χ0n) is 17.1. The number of aromatic carboxylic acids is 1. The minimum absolute atomic E-state index is 0.0711. The molecule has 0 aliphatic rings. The lowest BCUT2D eigenvalue weighted by Crippen LogP contribution is -2.31. The Morgan fingerprint density at radius 3 is 2.46 bits per heavy atom. The first-order valence-electron chi connectivity index (χ1n) is 9.56. The number of pyridine rings is 1. The van der Waals surface area contributed by atoms with Crippen LogP contribution in [-0.2, 0) is 11.3 Å². The molecule has 6 heteroatoms. The molecule has 0 aliphatic carbocycles. The van der Waals surface area contributed by atoms with Crippen LogP contribution in [-0.4, -0.2) is 39.5 Å². The summed E-state index contributed by atoms with van der Waals surface area (Å²) in [5, 5.41) is 9.14. The van der Waals surface area contributed by atoms with Crippen molar-refractivity contribution in [2.45, 2.75) is 47.1 Å². The summed E-state index contributed by atoms with van der Waals surface area (Å²) in [4.78, 5) is 37.0. The first-order valence-corrected chi connectivity index (χ1v) is 9.56. The lowest BCUT2D eigenvalue weighted by atomic mass is 10.1. The number of hydrogen-bond donors (Lipinski definition) is 1. The van der Waals surface area contributed by atoms with Gasteiger partial charge in [0.15, 0.2) is 0 Å². The van der Waals surface area contributed by atoms with Crippen LogP contribution in [0.1, 0.15) is 50.9 Å². The number of amides is 1. The highest BCUT2D eigenvalue weighted by Gasteiger charge is 2.09. The standard InChI is InChI=1S/C22H30N2O4/c1-5-8-9-18(11-10-17(4)14-23(7-3)20(25)6-2)15-24-16-19(22(27)28)12-13-21(24)26/h8-13,16H,5-7,14-15H2,1-4H3,(H,27,28)/b9-8+,17-10+,18-11+. The molecule has 0 saturated carbocycles. The van der Waals surface area contributed by atoms with Crippen molar-refractivity contribution in [1.29, 1.82) is 0 Å². The van der Waals surface area contributed by atoms with E-state index in [-0.39, 0.29) is 23.6 Å². The smallest absolute Gasteiger partial charge is 0.337 e. The van der Waals surface area contributed by atoms with Gasteiger partial charge >= 0.3 is 5.97 Å². The van der Waals surface area contributed by atoms with E-state index in [2.05, 4.69) is 0 Å². The number of likely N-dealkylation sites (N-methyl/N-ethyl adjacent to an activating group) is 1. The van der Waals surface area contributed by atoms with Crippen LogP contribution in [0.2, 0.25) is 0 Å². The maximum Gasteiger partial charge on any atom is 0.337 e. The first kappa shape index (κ1) is 23.1. The van der Waals surface area contributed by atoms with E-state index in [0.29, 0.717) is 19.5 Å². The second-order valence-electron chi connectivity index (χ2n) is 6.52. The van der Waals surface area contributed by atoms with E-state index in [1.807, 2.05) is 52.0 Å². The number of nitrogens with zero attached hydrogens (tertiary/aromatic N) is 2. The number of rotatable bonds is 10. The Labute approximate surface area is 166 Å². The Morgan fingerprint density at radius 1 is 1.18 bits per heavy atom. The predicted molar refractivity (Wildman–Crippen MR) is 111 cm³/mol. The molecule has 1 aromatic heterocycles. The zero-order valence-corrected chi connectivity index (χ0v) is 17.1. The number of carboxylic acid groups (broad SMARTS) is 1. The topological polar surface area (TPSA) is 79.6 Å². The van der Waals surface area contributed by atoms with Crippen LogP contribution in [0.15, 0.2) is 58.6 Å². The van der Waals surface area contributed by atoms with Crippen molar-refractivity contribution in [3.05, 3.63) is 69.7 Å². The van der Waals surface area contributed by atoms with E-state index in [0.717, 1.165) is 17.6 Å². The van der Waals surface area contributed by atoms with Gasteiger partial charge in [0.05, 0.1) is 12.1 Å². The molecule has 0 saturated heterocycles. The fraction of sp³-hybridized carbons (Fsp3) is 0.409. The summed E-state index contributed by atoms with van der Waals surface area (Å²) >= 11 is 0. The zero-order chi connectivity index (χ0) is 21.1. The van der Waals surface area contributed by atoms with E-state index in [4.69, 9.17) is 5.11 Å². The average molecular weight is 386 g/mol. The lowest BCUT2D eigenvalue weighted by molar-refractivity contribution is -0.130. The van der Waals surface area contributed by atoms with Gasteiger partial charge in [0.1, 0.15) is 0 Å². The second kappa shape index (κ2) is 11.7. The fourth-order valence-corrected chi connectivity index (χ4v) is 2.61. The van der Waals surface area contributed by atoms with Gasteiger partial charge in [0.2, 0.25) is 5.91 Å². The lowest BCUT2D eigenvalue weighted by Gasteiger charge is -2.20. The van der Waals surface area contributed by atoms with Crippen molar-refractivity contribution in [3.8, 4) is 0 Å². The van der Waals surface area contributed by atoms with Gasteiger partial charge in [-0.2, -0.15) is 0 Å². The molecule has 1 rings (SSSR count). The first-order chi connectivity index (χ1) is 13.3. The summed E-state index contributed by atoms with van der Waals surface area (Å²) < 4.78 is 1.39. The highest BCUT2D eigenvalue weighted by atomic mass is 16.4. The molecule has 0 spiro atoms. The number of carbonyl (C=O) groups excluding carboxylic acids is 1. The van der Waals surface area contributed by atoms with Gasteiger partial charge in [-0.3, -0.25) is 9.59 Å². The SMILES string of the molecule is CC/C=C/C(=C\C=C(/C)CN(CC)C(=O)CC)Cn1cc(C(=O)O)ccc1=O. The molecule has 1 heterocycles. The Balaban J connectivity index is 3.09. The monoisotopic (exact) mass is 386 g/mol. The number of carboxylic acids is 1. The van der Waals surface area contributed by atoms with Crippen LogP contribution in [0.3, 0.4) is 0 Å². The maximum absolute atomic E-state index is 12.1. The summed E-state index contributed by atoms with van der Waals surface area (Å²) in [6.45, 7) is 9.25. The molecule has 0 atom stereocenters. The van der Waals surface area contributed by atoms with Gasteiger partial charge in [-0.15, -0.1) is 0 Å². The molecule has 1 aromatic rings. The largest absolute Gasteiger partial charge is 0.478 e. The van der Waals surface area contributed by atoms with E-state index in [1.165, 1.54) is 22.9 Å². The van der Waals surface area contributed by atoms with Gasteiger partial charge in [0.25, 0.3) is 5.56 Å². The van der Waals surface area contributed by atoms with E-state index >= 15 is 0 Å². The van der Waals surface area contributed by atoms with Gasteiger partial charge in [-0.25, -0.2) is 4.79 Å². The second-order valence-corrected chi connectivity index (χ2v) is 6.52. The molecule has 0 bridgehead atoms. The summed E-state index contributed by atoms with van der Waals surface area (Å²) in [5.74, 6) is -0.957. The molecule has 1 amide bonds. The molecular weight excluding hydrogens is 356 g/mol. The quantitative estimate of drug-likeness (QED) is 0.623. The average Bonchev–Trinajstić information content (AvgIpc) is 2.68. The number of hydrogen-bond acceptors (Lipinski definition) is 3. The molecular formula is C22H30N2O4. The van der Waals surface area contributed by atoms with E-state index in [9.17, 15) is 14.4 Å². The van der Waals surface area contributed by atoms with Crippen molar-refractivity contribution < 1.29 is 14.7 Å². The Kier molecular flexibility index (Phi) is 9.71. The number of aromatic nitrogens is 1. The summed E-state index contributed by atoms with van der Waals surface area (Å²) in [6, 6.07) is 2.57. The molecule has 6 nitrogen and oxygen atoms in total.